The summed E-state index contributed by atoms with van der Waals surface area (Å²) >= 11 is 2.97. The van der Waals surface area contributed by atoms with Crippen molar-refractivity contribution in [2.75, 3.05) is 0 Å². The molecule has 0 aliphatic carbocycles. The molecule has 0 unspecified atom stereocenters. The zero-order valence-electron chi connectivity index (χ0n) is 10.8. The van der Waals surface area contributed by atoms with Gasteiger partial charge in [-0.25, -0.2) is 9.18 Å². The van der Waals surface area contributed by atoms with Crippen LogP contribution in [-0.2, 0) is 4.79 Å². The van der Waals surface area contributed by atoms with Crippen molar-refractivity contribution in [1.29, 1.82) is 0 Å². The van der Waals surface area contributed by atoms with Gasteiger partial charge in [-0.1, -0.05) is 26.8 Å². The van der Waals surface area contributed by atoms with Crippen LogP contribution in [0.1, 0.15) is 31.1 Å². The molecule has 0 saturated carbocycles. The van der Waals surface area contributed by atoms with Crippen LogP contribution < -0.4 is 5.32 Å². The molecule has 104 valence electrons. The fourth-order valence-electron chi connectivity index (χ4n) is 1.54. The second kappa shape index (κ2) is 5.69. The van der Waals surface area contributed by atoms with E-state index in [9.17, 15) is 14.0 Å². The van der Waals surface area contributed by atoms with Gasteiger partial charge in [-0.15, -0.1) is 0 Å². The van der Waals surface area contributed by atoms with Crippen LogP contribution in [0.5, 0.6) is 0 Å². The van der Waals surface area contributed by atoms with E-state index >= 15 is 0 Å². The van der Waals surface area contributed by atoms with E-state index in [1.54, 1.807) is 20.8 Å². The molecule has 0 radical (unpaired) electrons. The molecular formula is C13H15BrFNO3. The molecule has 4 nitrogen and oxygen atoms in total. The molecule has 1 aromatic carbocycles. The van der Waals surface area contributed by atoms with Gasteiger partial charge < -0.3 is 10.4 Å². The highest BCUT2D eigenvalue weighted by Gasteiger charge is 2.33. The SMILES string of the molecule is CC(C)(C)[C@@H](NC(=O)c1cccc(F)c1Br)C(=O)O. The van der Waals surface area contributed by atoms with Gasteiger partial charge in [0.2, 0.25) is 0 Å². The van der Waals surface area contributed by atoms with Crippen LogP contribution in [-0.4, -0.2) is 23.0 Å². The minimum absolute atomic E-state index is 0.0190. The molecule has 0 heterocycles. The van der Waals surface area contributed by atoms with Crippen LogP contribution in [0.4, 0.5) is 4.39 Å². The highest BCUT2D eigenvalue weighted by atomic mass is 79.9. The quantitative estimate of drug-likeness (QED) is 0.894. The molecule has 19 heavy (non-hydrogen) atoms. The van der Waals surface area contributed by atoms with E-state index in [1.807, 2.05) is 0 Å². The monoisotopic (exact) mass is 331 g/mol. The predicted molar refractivity (Wildman–Crippen MR) is 72.4 cm³/mol. The minimum atomic E-state index is -1.13. The van der Waals surface area contributed by atoms with E-state index < -0.39 is 29.2 Å². The van der Waals surface area contributed by atoms with Crippen molar-refractivity contribution in [2.45, 2.75) is 26.8 Å². The molecule has 1 rings (SSSR count). The van der Waals surface area contributed by atoms with Crippen LogP contribution in [0.25, 0.3) is 0 Å². The van der Waals surface area contributed by atoms with Crippen molar-refractivity contribution < 1.29 is 19.1 Å². The van der Waals surface area contributed by atoms with Gasteiger partial charge >= 0.3 is 5.97 Å². The zero-order chi connectivity index (χ0) is 14.8. The largest absolute Gasteiger partial charge is 0.480 e. The van der Waals surface area contributed by atoms with Gasteiger partial charge in [-0.05, 0) is 33.5 Å². The number of hydrogen-bond acceptors (Lipinski definition) is 2. The summed E-state index contributed by atoms with van der Waals surface area (Å²) < 4.78 is 13.3. The Hall–Kier alpha value is -1.43. The van der Waals surface area contributed by atoms with Crippen LogP contribution in [0.2, 0.25) is 0 Å². The molecule has 0 spiro atoms. The maximum Gasteiger partial charge on any atom is 0.326 e. The van der Waals surface area contributed by atoms with Crippen LogP contribution in [0.3, 0.4) is 0 Å². The van der Waals surface area contributed by atoms with Crippen molar-refractivity contribution in [3.05, 3.63) is 34.1 Å². The van der Waals surface area contributed by atoms with Crippen LogP contribution in [0.15, 0.2) is 22.7 Å². The summed E-state index contributed by atoms with van der Waals surface area (Å²) in [7, 11) is 0. The summed E-state index contributed by atoms with van der Waals surface area (Å²) in [5.74, 6) is -2.34. The molecule has 0 aromatic heterocycles. The molecule has 0 fully saturated rings. The summed E-state index contributed by atoms with van der Waals surface area (Å²) in [6.45, 7) is 5.10. The smallest absolute Gasteiger partial charge is 0.326 e. The number of benzene rings is 1. The van der Waals surface area contributed by atoms with E-state index in [0.29, 0.717) is 0 Å². The summed E-state index contributed by atoms with van der Waals surface area (Å²) in [6.07, 6.45) is 0. The van der Waals surface area contributed by atoms with E-state index in [2.05, 4.69) is 21.2 Å². The Kier molecular flexibility index (Phi) is 4.68. The third kappa shape index (κ3) is 3.76. The number of nitrogens with one attached hydrogen (secondary N) is 1. The summed E-state index contributed by atoms with van der Waals surface area (Å²) in [6, 6.07) is 2.96. The number of hydrogen-bond donors (Lipinski definition) is 2. The van der Waals surface area contributed by atoms with Crippen molar-refractivity contribution in [3.8, 4) is 0 Å². The number of carboxylic acid groups (broad SMARTS) is 1. The topological polar surface area (TPSA) is 66.4 Å². The lowest BCUT2D eigenvalue weighted by Gasteiger charge is -2.27. The van der Waals surface area contributed by atoms with Gasteiger partial charge in [0.1, 0.15) is 11.9 Å². The molecule has 1 atom stereocenters. The maximum absolute atomic E-state index is 13.3. The molecule has 6 heteroatoms. The Balaban J connectivity index is 3.02. The Morgan fingerprint density at radius 1 is 1.37 bits per heavy atom. The number of carbonyl (C=O) groups excluding carboxylic acids is 1. The normalized spacial score (nSPS) is 12.9. The molecule has 0 aliphatic rings. The van der Waals surface area contributed by atoms with Gasteiger partial charge in [0.05, 0.1) is 10.0 Å². The molecule has 1 amide bonds. The Bertz CT molecular complexity index is 511. The average Bonchev–Trinajstić information content (AvgIpc) is 2.27. The second-order valence-corrected chi connectivity index (χ2v) is 6.01. The van der Waals surface area contributed by atoms with Gasteiger partial charge in [0, 0.05) is 0 Å². The molecule has 0 aliphatic heterocycles. The van der Waals surface area contributed by atoms with Crippen LogP contribution in [0, 0.1) is 11.2 Å². The maximum atomic E-state index is 13.3. The van der Waals surface area contributed by atoms with E-state index in [-0.39, 0.29) is 10.0 Å². The Morgan fingerprint density at radius 2 is 1.95 bits per heavy atom. The third-order valence-electron chi connectivity index (χ3n) is 2.58. The lowest BCUT2D eigenvalue weighted by Crippen LogP contribution is -2.49. The fourth-order valence-corrected chi connectivity index (χ4v) is 1.98. The lowest BCUT2D eigenvalue weighted by molar-refractivity contribution is -0.142. The lowest BCUT2D eigenvalue weighted by atomic mass is 9.86. The first-order valence-corrected chi connectivity index (χ1v) is 6.41. The number of rotatable bonds is 3. The summed E-state index contributed by atoms with van der Waals surface area (Å²) in [5, 5.41) is 11.5. The van der Waals surface area contributed by atoms with Gasteiger partial charge in [-0.3, -0.25) is 4.79 Å². The molecule has 0 saturated heterocycles. The first-order chi connectivity index (χ1) is 8.64. The fraction of sp³-hybridized carbons (Fsp3) is 0.385. The number of carbonyl (C=O) groups is 2. The first kappa shape index (κ1) is 15.6. The van der Waals surface area contributed by atoms with Crippen molar-refractivity contribution in [3.63, 3.8) is 0 Å². The minimum Gasteiger partial charge on any atom is -0.480 e. The van der Waals surface area contributed by atoms with Gasteiger partial charge in [0.15, 0.2) is 0 Å². The number of carboxylic acids is 1. The predicted octanol–water partition coefficient (Wildman–Crippen LogP) is 2.82. The zero-order valence-corrected chi connectivity index (χ0v) is 12.4. The number of aliphatic carboxylic acids is 1. The second-order valence-electron chi connectivity index (χ2n) is 5.21. The van der Waals surface area contributed by atoms with Crippen molar-refractivity contribution in [2.24, 2.45) is 5.41 Å². The standard InChI is InChI=1S/C13H15BrFNO3/c1-13(2,3)10(12(18)19)16-11(17)7-5-4-6-8(15)9(7)14/h4-6,10H,1-3H3,(H,16,17)(H,18,19)/t10-/m0/s1. The molecule has 1 aromatic rings. The van der Waals surface area contributed by atoms with E-state index in [1.165, 1.54) is 18.2 Å². The summed E-state index contributed by atoms with van der Waals surface area (Å²) in [4.78, 5) is 23.2. The Morgan fingerprint density at radius 3 is 2.42 bits per heavy atom. The average molecular weight is 332 g/mol. The molecule has 0 bridgehead atoms. The highest BCUT2D eigenvalue weighted by Crippen LogP contribution is 2.23. The molecular weight excluding hydrogens is 317 g/mol. The Labute approximate surface area is 119 Å². The third-order valence-corrected chi connectivity index (χ3v) is 3.39. The van der Waals surface area contributed by atoms with Gasteiger partial charge in [-0.2, -0.15) is 0 Å². The van der Waals surface area contributed by atoms with Gasteiger partial charge in [0.25, 0.3) is 5.91 Å². The van der Waals surface area contributed by atoms with E-state index in [4.69, 9.17) is 5.11 Å². The van der Waals surface area contributed by atoms with Crippen molar-refractivity contribution in [1.82, 2.24) is 5.32 Å². The van der Waals surface area contributed by atoms with Crippen molar-refractivity contribution >= 4 is 27.8 Å². The first-order valence-electron chi connectivity index (χ1n) is 5.62. The summed E-state index contributed by atoms with van der Waals surface area (Å²) in [5.41, 5.74) is -0.586. The number of amides is 1. The number of halogens is 2. The van der Waals surface area contributed by atoms with Crippen LogP contribution >= 0.6 is 15.9 Å². The molecule has 2 N–H and O–H groups in total. The van der Waals surface area contributed by atoms with E-state index in [0.717, 1.165) is 0 Å². The highest BCUT2D eigenvalue weighted by molar-refractivity contribution is 9.10.